The van der Waals surface area contributed by atoms with Crippen molar-refractivity contribution >= 4 is 5.91 Å². The molecule has 20 heavy (non-hydrogen) atoms. The van der Waals surface area contributed by atoms with Crippen LogP contribution in [0.4, 0.5) is 0 Å². The molecule has 4 nitrogen and oxygen atoms in total. The molecule has 2 atom stereocenters. The summed E-state index contributed by atoms with van der Waals surface area (Å²) in [7, 11) is 0. The number of likely N-dealkylation sites (tertiary alicyclic amines) is 1. The summed E-state index contributed by atoms with van der Waals surface area (Å²) < 4.78 is 5.67. The summed E-state index contributed by atoms with van der Waals surface area (Å²) in [6, 6.07) is 8.21. The topological polar surface area (TPSA) is 55.6 Å². The number of hydrogen-bond acceptors (Lipinski definition) is 3. The zero-order valence-electron chi connectivity index (χ0n) is 12.3. The molecule has 1 fully saturated rings. The van der Waals surface area contributed by atoms with Gasteiger partial charge >= 0.3 is 0 Å². The highest BCUT2D eigenvalue weighted by atomic mass is 16.5. The fraction of sp³-hybridized carbons (Fsp3) is 0.562. The molecule has 1 saturated heterocycles. The molecule has 0 aromatic heterocycles. The molecule has 1 amide bonds. The Kier molecular flexibility index (Phi) is 5.01. The Morgan fingerprint density at radius 3 is 2.60 bits per heavy atom. The highest BCUT2D eigenvalue weighted by Crippen LogP contribution is 2.23. The van der Waals surface area contributed by atoms with Crippen molar-refractivity contribution in [3.05, 3.63) is 29.8 Å². The summed E-state index contributed by atoms with van der Waals surface area (Å²) in [6.45, 7) is 4.73. The maximum Gasteiger partial charge on any atom is 0.260 e. The summed E-state index contributed by atoms with van der Waals surface area (Å²) in [5.74, 6) is 0.775. The Balaban J connectivity index is 1.97. The van der Waals surface area contributed by atoms with Crippen LogP contribution in [0.2, 0.25) is 0 Å². The third kappa shape index (κ3) is 3.31. The average molecular weight is 276 g/mol. The number of nitrogens with zero attached hydrogens (tertiary/aromatic N) is 1. The largest absolute Gasteiger partial charge is 0.483 e. The van der Waals surface area contributed by atoms with Crippen molar-refractivity contribution in [1.29, 1.82) is 0 Å². The number of carbonyl (C=O) groups is 1. The average Bonchev–Trinajstić information content (AvgIpc) is 2.45. The van der Waals surface area contributed by atoms with Gasteiger partial charge in [0, 0.05) is 24.2 Å². The lowest BCUT2D eigenvalue weighted by Gasteiger charge is -2.39. The van der Waals surface area contributed by atoms with E-state index in [1.807, 2.05) is 29.2 Å². The Morgan fingerprint density at radius 1 is 1.30 bits per heavy atom. The van der Waals surface area contributed by atoms with E-state index in [1.54, 1.807) is 0 Å². The van der Waals surface area contributed by atoms with Gasteiger partial charge in [-0.05, 0) is 39.2 Å². The van der Waals surface area contributed by atoms with Gasteiger partial charge in [-0.25, -0.2) is 0 Å². The van der Waals surface area contributed by atoms with E-state index >= 15 is 0 Å². The minimum atomic E-state index is 0.0662. The molecular weight excluding hydrogens is 252 g/mol. The zero-order chi connectivity index (χ0) is 14.5. The van der Waals surface area contributed by atoms with Crippen LogP contribution in [0.25, 0.3) is 0 Å². The molecule has 1 heterocycles. The first kappa shape index (κ1) is 14.9. The van der Waals surface area contributed by atoms with Crippen LogP contribution in [0.3, 0.4) is 0 Å². The smallest absolute Gasteiger partial charge is 0.260 e. The number of ether oxygens (including phenoxy) is 1. The molecule has 2 N–H and O–H groups in total. The van der Waals surface area contributed by atoms with E-state index in [0.717, 1.165) is 18.4 Å². The quantitative estimate of drug-likeness (QED) is 0.918. The van der Waals surface area contributed by atoms with Gasteiger partial charge in [0.05, 0.1) is 0 Å². The second kappa shape index (κ2) is 6.75. The van der Waals surface area contributed by atoms with Gasteiger partial charge in [-0.1, -0.05) is 18.2 Å². The maximum absolute atomic E-state index is 12.4. The highest BCUT2D eigenvalue weighted by molar-refractivity contribution is 5.78. The highest BCUT2D eigenvalue weighted by Gasteiger charge is 2.29. The number of carbonyl (C=O) groups excluding carboxylic acids is 1. The Hall–Kier alpha value is -1.55. The first-order valence-electron chi connectivity index (χ1n) is 7.35. The normalized spacial score (nSPS) is 22.6. The number of amides is 1. The predicted molar refractivity (Wildman–Crippen MR) is 79.4 cm³/mol. The summed E-state index contributed by atoms with van der Waals surface area (Å²) in [5.41, 5.74) is 6.60. The number of hydrogen-bond donors (Lipinski definition) is 1. The van der Waals surface area contributed by atoms with Crippen LogP contribution in [-0.4, -0.2) is 29.5 Å². The second-order valence-corrected chi connectivity index (χ2v) is 5.53. The molecule has 1 aromatic carbocycles. The van der Waals surface area contributed by atoms with Gasteiger partial charge in [0.15, 0.2) is 6.61 Å². The zero-order valence-corrected chi connectivity index (χ0v) is 12.3. The molecule has 110 valence electrons. The lowest BCUT2D eigenvalue weighted by atomic mass is 9.97. The molecule has 1 aromatic rings. The molecule has 0 aliphatic carbocycles. The van der Waals surface area contributed by atoms with Crippen molar-refractivity contribution in [3.63, 3.8) is 0 Å². The van der Waals surface area contributed by atoms with Crippen molar-refractivity contribution in [1.82, 2.24) is 4.90 Å². The lowest BCUT2D eigenvalue weighted by molar-refractivity contribution is -0.139. The SMILES string of the molecule is C[C@@H]1CCC[C@H](C)N1C(=O)COc1ccccc1CN. The molecule has 4 heteroatoms. The molecule has 1 aliphatic heterocycles. The van der Waals surface area contributed by atoms with Gasteiger partial charge in [0.25, 0.3) is 5.91 Å². The van der Waals surface area contributed by atoms with Crippen LogP contribution >= 0.6 is 0 Å². The maximum atomic E-state index is 12.4. The van der Waals surface area contributed by atoms with Crippen molar-refractivity contribution < 1.29 is 9.53 Å². The van der Waals surface area contributed by atoms with E-state index in [9.17, 15) is 4.79 Å². The van der Waals surface area contributed by atoms with Gasteiger partial charge in [0.2, 0.25) is 0 Å². The first-order chi connectivity index (χ1) is 9.63. The van der Waals surface area contributed by atoms with E-state index in [0.29, 0.717) is 24.4 Å². The second-order valence-electron chi connectivity index (χ2n) is 5.53. The van der Waals surface area contributed by atoms with E-state index < -0.39 is 0 Å². The number of benzene rings is 1. The fourth-order valence-electron chi connectivity index (χ4n) is 2.94. The predicted octanol–water partition coefficient (Wildman–Crippen LogP) is 2.31. The molecule has 2 rings (SSSR count). The van der Waals surface area contributed by atoms with E-state index in [4.69, 9.17) is 10.5 Å². The summed E-state index contributed by atoms with van der Waals surface area (Å²) in [6.07, 6.45) is 3.36. The Morgan fingerprint density at radius 2 is 1.95 bits per heavy atom. The first-order valence-corrected chi connectivity index (χ1v) is 7.35. The number of para-hydroxylation sites is 1. The van der Waals surface area contributed by atoms with E-state index in [2.05, 4.69) is 13.8 Å². The van der Waals surface area contributed by atoms with Gasteiger partial charge in [-0.2, -0.15) is 0 Å². The molecule has 0 unspecified atom stereocenters. The number of nitrogens with two attached hydrogens (primary N) is 1. The monoisotopic (exact) mass is 276 g/mol. The van der Waals surface area contributed by atoms with Crippen LogP contribution in [0.15, 0.2) is 24.3 Å². The van der Waals surface area contributed by atoms with E-state index in [1.165, 1.54) is 6.42 Å². The van der Waals surface area contributed by atoms with Crippen molar-refractivity contribution in [2.24, 2.45) is 5.73 Å². The number of piperidine rings is 1. The third-order valence-electron chi connectivity index (χ3n) is 4.03. The molecule has 0 saturated carbocycles. The van der Waals surface area contributed by atoms with Crippen molar-refractivity contribution in [2.45, 2.75) is 51.7 Å². The van der Waals surface area contributed by atoms with Crippen LogP contribution < -0.4 is 10.5 Å². The third-order valence-corrected chi connectivity index (χ3v) is 4.03. The minimum Gasteiger partial charge on any atom is -0.483 e. The van der Waals surface area contributed by atoms with E-state index in [-0.39, 0.29) is 12.5 Å². The summed E-state index contributed by atoms with van der Waals surface area (Å²) in [5, 5.41) is 0. The molecule has 1 aliphatic rings. The van der Waals surface area contributed by atoms with Crippen LogP contribution in [0.1, 0.15) is 38.7 Å². The van der Waals surface area contributed by atoms with Gasteiger partial charge in [-0.3, -0.25) is 4.79 Å². The fourth-order valence-corrected chi connectivity index (χ4v) is 2.94. The van der Waals surface area contributed by atoms with Gasteiger partial charge in [0.1, 0.15) is 5.75 Å². The van der Waals surface area contributed by atoms with Crippen LogP contribution in [0, 0.1) is 0 Å². The molecule has 0 radical (unpaired) electrons. The summed E-state index contributed by atoms with van der Waals surface area (Å²) in [4.78, 5) is 14.3. The van der Waals surface area contributed by atoms with Crippen LogP contribution in [-0.2, 0) is 11.3 Å². The van der Waals surface area contributed by atoms with Crippen molar-refractivity contribution in [3.8, 4) is 5.75 Å². The van der Waals surface area contributed by atoms with Crippen molar-refractivity contribution in [2.75, 3.05) is 6.61 Å². The van der Waals surface area contributed by atoms with Gasteiger partial charge < -0.3 is 15.4 Å². The Bertz CT molecular complexity index is 452. The lowest BCUT2D eigenvalue weighted by Crippen LogP contribution is -2.49. The minimum absolute atomic E-state index is 0.0662. The van der Waals surface area contributed by atoms with Crippen LogP contribution in [0.5, 0.6) is 5.75 Å². The molecular formula is C16H24N2O2. The Labute approximate surface area is 120 Å². The molecule has 0 spiro atoms. The van der Waals surface area contributed by atoms with Gasteiger partial charge in [-0.15, -0.1) is 0 Å². The number of rotatable bonds is 4. The summed E-state index contributed by atoms with van der Waals surface area (Å²) >= 11 is 0. The molecule has 0 bridgehead atoms. The standard InChI is InChI=1S/C16H24N2O2/c1-12-6-5-7-13(2)18(12)16(19)11-20-15-9-4-3-8-14(15)10-17/h3-4,8-9,12-13H,5-7,10-11,17H2,1-2H3/t12-,13+.